The van der Waals surface area contributed by atoms with Gasteiger partial charge in [-0.15, -0.1) is 0 Å². The topological polar surface area (TPSA) is 34.2 Å². The van der Waals surface area contributed by atoms with Gasteiger partial charge in [-0.1, -0.05) is 19.1 Å². The Labute approximate surface area is 118 Å². The van der Waals surface area contributed by atoms with Crippen molar-refractivity contribution in [1.29, 1.82) is 0 Å². The van der Waals surface area contributed by atoms with Crippen molar-refractivity contribution >= 4 is 0 Å². The Morgan fingerprint density at radius 1 is 1.30 bits per heavy atom. The van der Waals surface area contributed by atoms with Crippen molar-refractivity contribution in [2.24, 2.45) is 0 Å². The maximum Gasteiger partial charge on any atom is 0.132 e. The summed E-state index contributed by atoms with van der Waals surface area (Å²) in [7, 11) is 1.53. The second kappa shape index (κ2) is 6.48. The molecule has 3 nitrogen and oxygen atoms in total. The highest BCUT2D eigenvalue weighted by molar-refractivity contribution is 5.35. The van der Waals surface area contributed by atoms with E-state index in [4.69, 9.17) is 4.74 Å². The molecule has 1 unspecified atom stereocenters. The number of methoxy groups -OCH3 is 1. The minimum Gasteiger partial charge on any atom is -0.497 e. The van der Waals surface area contributed by atoms with Gasteiger partial charge in [-0.3, -0.25) is 4.98 Å². The van der Waals surface area contributed by atoms with Crippen LogP contribution in [0.2, 0.25) is 0 Å². The lowest BCUT2D eigenvalue weighted by Crippen LogP contribution is -2.24. The van der Waals surface area contributed by atoms with Gasteiger partial charge in [0.1, 0.15) is 11.6 Å². The summed E-state index contributed by atoms with van der Waals surface area (Å²) in [5.74, 6) is 0.220. The number of nitrogens with zero attached hydrogens (tertiary/aromatic N) is 1. The van der Waals surface area contributed by atoms with Crippen LogP contribution >= 0.6 is 0 Å². The highest BCUT2D eigenvalue weighted by Crippen LogP contribution is 2.26. The fourth-order valence-electron chi connectivity index (χ4n) is 2.17. The second-order valence-corrected chi connectivity index (χ2v) is 4.58. The molecule has 0 amide bonds. The van der Waals surface area contributed by atoms with E-state index in [1.54, 1.807) is 12.1 Å². The number of nitrogens with one attached hydrogen (secondary N) is 1. The van der Waals surface area contributed by atoms with Crippen LogP contribution in [0, 0.1) is 12.7 Å². The van der Waals surface area contributed by atoms with E-state index < -0.39 is 0 Å². The van der Waals surface area contributed by atoms with E-state index in [0.717, 1.165) is 17.9 Å². The van der Waals surface area contributed by atoms with Gasteiger partial charge in [0.2, 0.25) is 0 Å². The molecule has 1 heterocycles. The number of halogens is 1. The highest BCUT2D eigenvalue weighted by Gasteiger charge is 2.18. The largest absolute Gasteiger partial charge is 0.497 e. The van der Waals surface area contributed by atoms with E-state index in [9.17, 15) is 4.39 Å². The summed E-state index contributed by atoms with van der Waals surface area (Å²) in [6.45, 7) is 4.65. The third-order valence-electron chi connectivity index (χ3n) is 3.13. The summed E-state index contributed by atoms with van der Waals surface area (Å²) in [5, 5.41) is 3.28. The molecule has 106 valence electrons. The second-order valence-electron chi connectivity index (χ2n) is 4.58. The van der Waals surface area contributed by atoms with Gasteiger partial charge in [0, 0.05) is 17.3 Å². The maximum atomic E-state index is 14.2. The predicted molar refractivity (Wildman–Crippen MR) is 77.4 cm³/mol. The van der Waals surface area contributed by atoms with E-state index in [1.165, 1.54) is 13.2 Å². The smallest absolute Gasteiger partial charge is 0.132 e. The average Bonchev–Trinajstić information content (AvgIpc) is 2.45. The van der Waals surface area contributed by atoms with Gasteiger partial charge in [-0.25, -0.2) is 4.39 Å². The molecule has 1 aromatic carbocycles. The number of aromatic nitrogens is 1. The Balaban J connectivity index is 2.43. The molecule has 0 spiro atoms. The number of rotatable bonds is 5. The first-order valence-corrected chi connectivity index (χ1v) is 6.66. The standard InChI is InChI=1S/C16H19FN2O/c1-4-18-16(15-7-5-6-11(2)19-15)13-9-8-12(20-3)10-14(13)17/h5-10,16,18H,4H2,1-3H3. The summed E-state index contributed by atoms with van der Waals surface area (Å²) >= 11 is 0. The van der Waals surface area contributed by atoms with Crippen molar-refractivity contribution in [3.8, 4) is 5.75 Å². The van der Waals surface area contributed by atoms with E-state index >= 15 is 0 Å². The SMILES string of the molecule is CCNC(c1cccc(C)n1)c1ccc(OC)cc1F. The van der Waals surface area contributed by atoms with Gasteiger partial charge in [0.05, 0.1) is 18.8 Å². The van der Waals surface area contributed by atoms with Gasteiger partial charge in [-0.2, -0.15) is 0 Å². The molecule has 4 heteroatoms. The maximum absolute atomic E-state index is 14.2. The van der Waals surface area contributed by atoms with Crippen molar-refractivity contribution in [1.82, 2.24) is 10.3 Å². The number of hydrogen-bond acceptors (Lipinski definition) is 3. The third-order valence-corrected chi connectivity index (χ3v) is 3.13. The Morgan fingerprint density at radius 2 is 2.10 bits per heavy atom. The molecule has 0 radical (unpaired) electrons. The Morgan fingerprint density at radius 3 is 2.70 bits per heavy atom. The lowest BCUT2D eigenvalue weighted by Gasteiger charge is -2.19. The number of hydrogen-bond donors (Lipinski definition) is 1. The number of aryl methyl sites for hydroxylation is 1. The molecule has 1 aromatic heterocycles. The number of ether oxygens (including phenoxy) is 1. The summed E-state index contributed by atoms with van der Waals surface area (Å²) in [6, 6.07) is 10.4. The molecule has 0 aliphatic heterocycles. The molecule has 1 N–H and O–H groups in total. The molecule has 20 heavy (non-hydrogen) atoms. The molecule has 0 fully saturated rings. The van der Waals surface area contributed by atoms with Crippen LogP contribution in [0.5, 0.6) is 5.75 Å². The first-order valence-electron chi connectivity index (χ1n) is 6.66. The quantitative estimate of drug-likeness (QED) is 0.909. The van der Waals surface area contributed by atoms with Crippen molar-refractivity contribution in [3.05, 3.63) is 59.2 Å². The average molecular weight is 274 g/mol. The third kappa shape index (κ3) is 3.14. The lowest BCUT2D eigenvalue weighted by molar-refractivity contribution is 0.410. The van der Waals surface area contributed by atoms with Crippen molar-refractivity contribution in [3.63, 3.8) is 0 Å². The van der Waals surface area contributed by atoms with Crippen molar-refractivity contribution < 1.29 is 9.13 Å². The van der Waals surface area contributed by atoms with Crippen molar-refractivity contribution in [2.45, 2.75) is 19.9 Å². The van der Waals surface area contributed by atoms with Gasteiger partial charge in [0.25, 0.3) is 0 Å². The van der Waals surface area contributed by atoms with E-state index in [0.29, 0.717) is 11.3 Å². The first-order chi connectivity index (χ1) is 9.65. The van der Waals surface area contributed by atoms with Gasteiger partial charge >= 0.3 is 0 Å². The Kier molecular flexibility index (Phi) is 4.69. The van der Waals surface area contributed by atoms with Crippen LogP contribution in [0.4, 0.5) is 4.39 Å². The molecule has 0 aliphatic carbocycles. The lowest BCUT2D eigenvalue weighted by atomic mass is 10.0. The number of benzene rings is 1. The molecule has 2 aromatic rings. The molecule has 0 bridgehead atoms. The van der Waals surface area contributed by atoms with Crippen LogP contribution < -0.4 is 10.1 Å². The molecule has 1 atom stereocenters. The van der Waals surface area contributed by atoms with E-state index in [-0.39, 0.29) is 11.9 Å². The number of pyridine rings is 1. The van der Waals surface area contributed by atoms with Gasteiger partial charge in [-0.05, 0) is 31.7 Å². The minimum atomic E-state index is -0.293. The molecular formula is C16H19FN2O. The first kappa shape index (κ1) is 14.5. The fourth-order valence-corrected chi connectivity index (χ4v) is 2.17. The molecule has 0 saturated heterocycles. The van der Waals surface area contributed by atoms with Crippen molar-refractivity contribution in [2.75, 3.05) is 13.7 Å². The molecule has 0 saturated carbocycles. The fraction of sp³-hybridized carbons (Fsp3) is 0.312. The summed E-state index contributed by atoms with van der Waals surface area (Å²) in [5.41, 5.74) is 2.31. The summed E-state index contributed by atoms with van der Waals surface area (Å²) < 4.78 is 19.3. The monoisotopic (exact) mass is 274 g/mol. The Bertz CT molecular complexity index is 586. The Hall–Kier alpha value is -1.94. The van der Waals surface area contributed by atoms with Crippen LogP contribution in [0.3, 0.4) is 0 Å². The summed E-state index contributed by atoms with van der Waals surface area (Å²) in [6.07, 6.45) is 0. The van der Waals surface area contributed by atoms with Gasteiger partial charge in [0.15, 0.2) is 0 Å². The van der Waals surface area contributed by atoms with Crippen LogP contribution in [0.25, 0.3) is 0 Å². The minimum absolute atomic E-state index is 0.259. The summed E-state index contributed by atoms with van der Waals surface area (Å²) in [4.78, 5) is 4.49. The molecule has 0 aliphatic rings. The zero-order valence-electron chi connectivity index (χ0n) is 12.0. The van der Waals surface area contributed by atoms with Crippen LogP contribution in [0.15, 0.2) is 36.4 Å². The van der Waals surface area contributed by atoms with Crippen LogP contribution in [-0.4, -0.2) is 18.6 Å². The van der Waals surface area contributed by atoms with Gasteiger partial charge < -0.3 is 10.1 Å². The van der Waals surface area contributed by atoms with E-state index in [1.807, 2.05) is 32.0 Å². The highest BCUT2D eigenvalue weighted by atomic mass is 19.1. The van der Waals surface area contributed by atoms with Crippen LogP contribution in [0.1, 0.15) is 29.9 Å². The zero-order valence-corrected chi connectivity index (χ0v) is 12.0. The normalized spacial score (nSPS) is 12.2. The van der Waals surface area contributed by atoms with Crippen LogP contribution in [-0.2, 0) is 0 Å². The molecule has 2 rings (SSSR count). The predicted octanol–water partition coefficient (Wildman–Crippen LogP) is 3.24. The van der Waals surface area contributed by atoms with E-state index in [2.05, 4.69) is 10.3 Å². The zero-order chi connectivity index (χ0) is 14.5. The molecular weight excluding hydrogens is 255 g/mol.